The van der Waals surface area contributed by atoms with E-state index in [4.69, 9.17) is 9.47 Å². The largest absolute Gasteiger partial charge is 0.497 e. The van der Waals surface area contributed by atoms with Crippen molar-refractivity contribution in [1.29, 1.82) is 0 Å². The molecule has 2 aromatic rings. The topological polar surface area (TPSA) is 84.9 Å². The summed E-state index contributed by atoms with van der Waals surface area (Å²) in [6, 6.07) is 10.3. The maximum absolute atomic E-state index is 13.5. The molecule has 1 atom stereocenters. The van der Waals surface area contributed by atoms with E-state index in [9.17, 15) is 13.2 Å². The zero-order valence-corrected chi connectivity index (χ0v) is 17.8. The van der Waals surface area contributed by atoms with Gasteiger partial charge in [0.15, 0.2) is 0 Å². The van der Waals surface area contributed by atoms with Gasteiger partial charge in [0.1, 0.15) is 11.5 Å². The summed E-state index contributed by atoms with van der Waals surface area (Å²) in [5.41, 5.74) is 2.29. The van der Waals surface area contributed by atoms with Crippen molar-refractivity contribution in [2.24, 2.45) is 0 Å². The molecule has 2 heterocycles. The predicted octanol–water partition coefficient (Wildman–Crippen LogP) is 3.02. The number of fused-ring (bicyclic) bond motifs is 1. The second-order valence-corrected chi connectivity index (χ2v) is 9.89. The van der Waals surface area contributed by atoms with Crippen LogP contribution in [0.25, 0.3) is 0 Å². The van der Waals surface area contributed by atoms with Crippen LogP contribution in [0, 0.1) is 0 Å². The molecule has 7 nitrogen and oxygen atoms in total. The van der Waals surface area contributed by atoms with E-state index in [-0.39, 0.29) is 10.8 Å². The van der Waals surface area contributed by atoms with Gasteiger partial charge in [-0.05, 0) is 48.4 Å². The van der Waals surface area contributed by atoms with Crippen molar-refractivity contribution in [3.8, 4) is 11.5 Å². The van der Waals surface area contributed by atoms with Gasteiger partial charge in [-0.25, -0.2) is 8.42 Å². The van der Waals surface area contributed by atoms with Crippen molar-refractivity contribution in [1.82, 2.24) is 4.31 Å². The molecule has 0 aliphatic carbocycles. The van der Waals surface area contributed by atoms with E-state index in [1.165, 1.54) is 4.31 Å². The van der Waals surface area contributed by atoms with Gasteiger partial charge in [0.25, 0.3) is 0 Å². The summed E-state index contributed by atoms with van der Waals surface area (Å²) in [5.74, 6) is 1.91. The van der Waals surface area contributed by atoms with Gasteiger partial charge in [0.2, 0.25) is 15.9 Å². The Hall–Kier alpha value is -2.23. The van der Waals surface area contributed by atoms with Gasteiger partial charge >= 0.3 is 0 Å². The molecule has 154 valence electrons. The molecule has 9 heteroatoms. The molecule has 1 unspecified atom stereocenters. The molecule has 1 amide bonds. The molecule has 0 aromatic heterocycles. The molecule has 2 aliphatic rings. The number of carbonyl (C=O) groups excluding carboxylic acids is 1. The van der Waals surface area contributed by atoms with Crippen LogP contribution in [0.2, 0.25) is 0 Å². The fourth-order valence-electron chi connectivity index (χ4n) is 3.63. The van der Waals surface area contributed by atoms with Gasteiger partial charge in [-0.2, -0.15) is 4.31 Å². The molecule has 29 heavy (non-hydrogen) atoms. The number of hydrogen-bond donors (Lipinski definition) is 1. The van der Waals surface area contributed by atoms with Crippen LogP contribution in [-0.2, 0) is 21.2 Å². The van der Waals surface area contributed by atoms with Crippen molar-refractivity contribution in [2.75, 3.05) is 31.8 Å². The highest BCUT2D eigenvalue weighted by Crippen LogP contribution is 2.45. The molecule has 0 saturated carbocycles. The number of thioether (sulfide) groups is 1. The second kappa shape index (κ2) is 7.89. The Morgan fingerprint density at radius 2 is 1.93 bits per heavy atom. The van der Waals surface area contributed by atoms with Crippen molar-refractivity contribution < 1.29 is 22.7 Å². The zero-order chi connectivity index (χ0) is 20.6. The number of carbonyl (C=O) groups is 1. The molecule has 4 rings (SSSR count). The van der Waals surface area contributed by atoms with E-state index in [0.717, 1.165) is 11.1 Å². The summed E-state index contributed by atoms with van der Waals surface area (Å²) in [5, 5.41) is 2.39. The number of hydrogen-bond acceptors (Lipinski definition) is 6. The lowest BCUT2D eigenvalue weighted by Crippen LogP contribution is -2.31. The lowest BCUT2D eigenvalue weighted by atomic mass is 10.0. The third kappa shape index (κ3) is 3.70. The number of nitrogens with zero attached hydrogens (tertiary/aromatic N) is 1. The summed E-state index contributed by atoms with van der Waals surface area (Å²) < 4.78 is 39.3. The summed E-state index contributed by atoms with van der Waals surface area (Å²) in [6.07, 6.45) is 0.895. The smallest absolute Gasteiger partial charge is 0.244 e. The minimum atomic E-state index is -3.72. The summed E-state index contributed by atoms with van der Waals surface area (Å²) >= 11 is 1.56. The average Bonchev–Trinajstić information content (AvgIpc) is 3.23. The molecule has 0 radical (unpaired) electrons. The normalized spacial score (nSPS) is 19.5. The first kappa shape index (κ1) is 20.1. The van der Waals surface area contributed by atoms with E-state index >= 15 is 0 Å². The first-order chi connectivity index (χ1) is 13.9. The standard InChI is InChI=1S/C20H22N2O5S2/c1-26-14-4-7-18(27-2)16(12-14)20-22(9-10-28-20)29(24,25)15-5-6-17-13(11-15)3-8-19(23)21-17/h4-7,11-12,20H,3,8-10H2,1-2H3,(H,21,23). The highest BCUT2D eigenvalue weighted by Gasteiger charge is 2.38. The molecule has 0 spiro atoms. The molecule has 2 aromatic carbocycles. The van der Waals surface area contributed by atoms with Crippen molar-refractivity contribution in [2.45, 2.75) is 23.1 Å². The number of sulfonamides is 1. The van der Waals surface area contributed by atoms with Crippen LogP contribution in [0.1, 0.15) is 22.9 Å². The van der Waals surface area contributed by atoms with Gasteiger partial charge in [-0.3, -0.25) is 4.79 Å². The molecule has 2 aliphatic heterocycles. The van der Waals surface area contributed by atoms with E-state index in [1.54, 1.807) is 56.3 Å². The van der Waals surface area contributed by atoms with E-state index in [2.05, 4.69) is 5.32 Å². The maximum Gasteiger partial charge on any atom is 0.244 e. The SMILES string of the molecule is COc1ccc(OC)c(C2SCCN2S(=O)(=O)c2ccc3c(c2)CCC(=O)N3)c1. The van der Waals surface area contributed by atoms with E-state index in [1.807, 2.05) is 6.07 Å². The summed E-state index contributed by atoms with van der Waals surface area (Å²) in [6.45, 7) is 0.409. The Bertz CT molecular complexity index is 1050. The Balaban J connectivity index is 1.71. The Morgan fingerprint density at radius 1 is 1.10 bits per heavy atom. The zero-order valence-electron chi connectivity index (χ0n) is 16.2. The van der Waals surface area contributed by atoms with Crippen LogP contribution in [-0.4, -0.2) is 45.1 Å². The maximum atomic E-state index is 13.5. The van der Waals surface area contributed by atoms with Gasteiger partial charge in [-0.15, -0.1) is 11.8 Å². The highest BCUT2D eigenvalue weighted by molar-refractivity contribution is 8.01. The number of rotatable bonds is 5. The van der Waals surface area contributed by atoms with Crippen LogP contribution in [0.3, 0.4) is 0 Å². The fraction of sp³-hybridized carbons (Fsp3) is 0.350. The van der Waals surface area contributed by atoms with Crippen molar-refractivity contribution >= 4 is 33.4 Å². The van der Waals surface area contributed by atoms with Crippen molar-refractivity contribution in [3.63, 3.8) is 0 Å². The van der Waals surface area contributed by atoms with Crippen LogP contribution in [0.4, 0.5) is 5.69 Å². The molecular weight excluding hydrogens is 412 g/mol. The quantitative estimate of drug-likeness (QED) is 0.779. The van der Waals surface area contributed by atoms with Crippen molar-refractivity contribution in [3.05, 3.63) is 47.5 Å². The number of amides is 1. The Kier molecular flexibility index (Phi) is 5.46. The number of methoxy groups -OCH3 is 2. The average molecular weight is 435 g/mol. The highest BCUT2D eigenvalue weighted by atomic mass is 32.2. The third-order valence-corrected chi connectivity index (χ3v) is 8.37. The fourth-order valence-corrected chi connectivity index (χ4v) is 6.93. The third-order valence-electron chi connectivity index (χ3n) is 5.13. The number of nitrogens with one attached hydrogen (secondary N) is 1. The second-order valence-electron chi connectivity index (χ2n) is 6.81. The lowest BCUT2D eigenvalue weighted by Gasteiger charge is -2.26. The van der Waals surface area contributed by atoms with Crippen LogP contribution in [0.15, 0.2) is 41.3 Å². The molecular formula is C20H22N2O5S2. The minimum Gasteiger partial charge on any atom is -0.497 e. The van der Waals surface area contributed by atoms with E-state index in [0.29, 0.717) is 42.3 Å². The van der Waals surface area contributed by atoms with Gasteiger partial charge < -0.3 is 14.8 Å². The minimum absolute atomic E-state index is 0.0470. The van der Waals surface area contributed by atoms with Crippen LogP contribution < -0.4 is 14.8 Å². The first-order valence-electron chi connectivity index (χ1n) is 9.22. The number of benzene rings is 2. The monoisotopic (exact) mass is 434 g/mol. The molecule has 1 saturated heterocycles. The molecule has 1 fully saturated rings. The number of aryl methyl sites for hydroxylation is 1. The molecule has 1 N–H and O–H groups in total. The van der Waals surface area contributed by atoms with Crippen LogP contribution >= 0.6 is 11.8 Å². The Labute approximate surface area is 174 Å². The first-order valence-corrected chi connectivity index (χ1v) is 11.7. The van der Waals surface area contributed by atoms with Gasteiger partial charge in [0.05, 0.1) is 24.5 Å². The molecule has 0 bridgehead atoms. The predicted molar refractivity (Wildman–Crippen MR) is 112 cm³/mol. The number of anilines is 1. The Morgan fingerprint density at radius 3 is 2.69 bits per heavy atom. The lowest BCUT2D eigenvalue weighted by molar-refractivity contribution is -0.116. The van der Waals surface area contributed by atoms with Gasteiger partial charge in [0, 0.05) is 30.0 Å². The van der Waals surface area contributed by atoms with E-state index < -0.39 is 15.4 Å². The number of ether oxygens (including phenoxy) is 2. The van der Waals surface area contributed by atoms with Gasteiger partial charge in [-0.1, -0.05) is 0 Å². The van der Waals surface area contributed by atoms with Crippen LogP contribution in [0.5, 0.6) is 11.5 Å². The summed E-state index contributed by atoms with van der Waals surface area (Å²) in [7, 11) is -0.576. The summed E-state index contributed by atoms with van der Waals surface area (Å²) in [4.78, 5) is 11.8.